The summed E-state index contributed by atoms with van der Waals surface area (Å²) in [6.07, 6.45) is 0. The van der Waals surface area contributed by atoms with Crippen LogP contribution in [0.15, 0.2) is 66.7 Å². The summed E-state index contributed by atoms with van der Waals surface area (Å²) in [6.45, 7) is 0. The van der Waals surface area contributed by atoms with Crippen LogP contribution in [0.2, 0.25) is 0 Å². The predicted octanol–water partition coefficient (Wildman–Crippen LogP) is 4.07. The van der Waals surface area contributed by atoms with Crippen molar-refractivity contribution in [2.24, 2.45) is 0 Å². The predicted molar refractivity (Wildman–Crippen MR) is 98.8 cm³/mol. The van der Waals surface area contributed by atoms with Crippen molar-refractivity contribution in [3.63, 3.8) is 0 Å². The van der Waals surface area contributed by atoms with E-state index < -0.39 is 5.97 Å². The van der Waals surface area contributed by atoms with E-state index in [2.05, 4.69) is 12.1 Å². The molecule has 0 atom stereocenters. The number of hydrogen-bond acceptors (Lipinski definition) is 4. The highest BCUT2D eigenvalue weighted by molar-refractivity contribution is 6.23. The molecule has 1 heterocycles. The van der Waals surface area contributed by atoms with Gasteiger partial charge in [0.15, 0.2) is 0 Å². The number of aromatic hydroxyl groups is 2. The Labute approximate surface area is 147 Å². The molecule has 5 rings (SSSR count). The molecule has 0 aliphatic carbocycles. The van der Waals surface area contributed by atoms with Crippen LogP contribution in [0.3, 0.4) is 0 Å². The highest BCUT2D eigenvalue weighted by Crippen LogP contribution is 2.35. The number of carbonyl (C=O) groups is 1. The molecule has 0 aliphatic rings. The minimum Gasteiger partial charge on any atom is -0.492 e. The first kappa shape index (κ1) is 14.6. The molecule has 0 bridgehead atoms. The van der Waals surface area contributed by atoms with Gasteiger partial charge in [-0.2, -0.15) is 0 Å². The maximum absolute atomic E-state index is 12.5. The van der Waals surface area contributed by atoms with Crippen LogP contribution < -0.4 is 4.84 Å². The van der Waals surface area contributed by atoms with Crippen LogP contribution >= 0.6 is 0 Å². The SMILES string of the molecule is O=C(On1c(O)ccc1O)c1cc2ccc3cccc4ccc(c1)c2c34. The average Bonchev–Trinajstić information content (AvgIpc) is 2.97. The molecule has 5 nitrogen and oxygen atoms in total. The molecule has 5 heteroatoms. The van der Waals surface area contributed by atoms with E-state index in [0.717, 1.165) is 26.9 Å². The molecule has 5 aromatic rings. The maximum atomic E-state index is 12.5. The van der Waals surface area contributed by atoms with Crippen molar-refractivity contribution >= 4 is 38.3 Å². The van der Waals surface area contributed by atoms with Crippen LogP contribution in [-0.4, -0.2) is 20.9 Å². The van der Waals surface area contributed by atoms with E-state index in [0.29, 0.717) is 10.3 Å². The Morgan fingerprint density at radius 2 is 1.23 bits per heavy atom. The van der Waals surface area contributed by atoms with E-state index >= 15 is 0 Å². The molecular formula is C21H13NO4. The third-order valence-electron chi connectivity index (χ3n) is 4.67. The van der Waals surface area contributed by atoms with E-state index in [-0.39, 0.29) is 11.8 Å². The largest absolute Gasteiger partial charge is 0.492 e. The van der Waals surface area contributed by atoms with E-state index in [1.165, 1.54) is 17.5 Å². The molecule has 0 radical (unpaired) electrons. The highest BCUT2D eigenvalue weighted by atomic mass is 16.7. The fourth-order valence-electron chi connectivity index (χ4n) is 3.50. The third kappa shape index (κ3) is 2.01. The highest BCUT2D eigenvalue weighted by Gasteiger charge is 2.17. The fourth-order valence-corrected chi connectivity index (χ4v) is 3.50. The number of hydrogen-bond donors (Lipinski definition) is 2. The first-order valence-corrected chi connectivity index (χ1v) is 8.12. The molecule has 0 spiro atoms. The van der Waals surface area contributed by atoms with Gasteiger partial charge in [-0.1, -0.05) is 42.5 Å². The fraction of sp³-hybridized carbons (Fsp3) is 0. The zero-order valence-corrected chi connectivity index (χ0v) is 13.5. The lowest BCUT2D eigenvalue weighted by molar-refractivity contribution is 0.0382. The lowest BCUT2D eigenvalue weighted by atomic mass is 9.93. The van der Waals surface area contributed by atoms with Crippen LogP contribution in [0.4, 0.5) is 0 Å². The summed E-state index contributed by atoms with van der Waals surface area (Å²) in [5.41, 5.74) is 0.336. The Kier molecular flexibility index (Phi) is 2.88. The van der Waals surface area contributed by atoms with E-state index in [9.17, 15) is 15.0 Å². The minimum absolute atomic E-state index is 0.336. The van der Waals surface area contributed by atoms with Crippen molar-refractivity contribution in [3.8, 4) is 11.8 Å². The van der Waals surface area contributed by atoms with Crippen molar-refractivity contribution in [2.75, 3.05) is 0 Å². The normalized spacial score (nSPS) is 11.5. The molecular weight excluding hydrogens is 330 g/mol. The van der Waals surface area contributed by atoms with Gasteiger partial charge in [0.1, 0.15) is 0 Å². The molecule has 1 aromatic heterocycles. The second-order valence-electron chi connectivity index (χ2n) is 6.23. The number of benzene rings is 4. The van der Waals surface area contributed by atoms with Gasteiger partial charge in [0, 0.05) is 12.1 Å². The zero-order chi connectivity index (χ0) is 17.8. The molecule has 26 heavy (non-hydrogen) atoms. The quantitative estimate of drug-likeness (QED) is 0.474. The van der Waals surface area contributed by atoms with Crippen LogP contribution in [0, 0.1) is 0 Å². The summed E-state index contributed by atoms with van der Waals surface area (Å²) in [7, 11) is 0. The lowest BCUT2D eigenvalue weighted by Gasteiger charge is -2.12. The maximum Gasteiger partial charge on any atom is 0.363 e. The molecule has 0 saturated heterocycles. The van der Waals surface area contributed by atoms with Crippen molar-refractivity contribution < 1.29 is 19.8 Å². The lowest BCUT2D eigenvalue weighted by Crippen LogP contribution is -2.19. The summed E-state index contributed by atoms with van der Waals surface area (Å²) in [5.74, 6) is -1.38. The molecule has 0 unspecified atom stereocenters. The van der Waals surface area contributed by atoms with Gasteiger partial charge in [0.25, 0.3) is 0 Å². The smallest absolute Gasteiger partial charge is 0.363 e. The summed E-state index contributed by atoms with van der Waals surface area (Å²) < 4.78 is 0.687. The molecule has 4 aromatic carbocycles. The van der Waals surface area contributed by atoms with Gasteiger partial charge < -0.3 is 15.1 Å². The van der Waals surface area contributed by atoms with Crippen molar-refractivity contribution in [1.82, 2.24) is 4.73 Å². The first-order chi connectivity index (χ1) is 12.6. The second-order valence-corrected chi connectivity index (χ2v) is 6.23. The summed E-state index contributed by atoms with van der Waals surface area (Å²) in [6, 6.07) is 20.2. The van der Waals surface area contributed by atoms with Crippen molar-refractivity contribution in [2.45, 2.75) is 0 Å². The Balaban J connectivity index is 1.68. The molecule has 2 N–H and O–H groups in total. The Morgan fingerprint density at radius 3 is 1.81 bits per heavy atom. The van der Waals surface area contributed by atoms with Gasteiger partial charge in [-0.25, -0.2) is 4.79 Å². The molecule has 0 saturated carbocycles. The van der Waals surface area contributed by atoms with Crippen LogP contribution in [0.1, 0.15) is 10.4 Å². The topological polar surface area (TPSA) is 71.7 Å². The van der Waals surface area contributed by atoms with Crippen LogP contribution in [0.25, 0.3) is 32.3 Å². The zero-order valence-electron chi connectivity index (χ0n) is 13.5. The Hall–Kier alpha value is -3.73. The molecule has 126 valence electrons. The van der Waals surface area contributed by atoms with E-state index in [1.54, 1.807) is 12.1 Å². The van der Waals surface area contributed by atoms with Crippen molar-refractivity contribution in [3.05, 3.63) is 72.3 Å². The summed E-state index contributed by atoms with van der Waals surface area (Å²) in [5, 5.41) is 25.7. The second kappa shape index (κ2) is 5.13. The Morgan fingerprint density at radius 1 is 0.731 bits per heavy atom. The summed E-state index contributed by atoms with van der Waals surface area (Å²) in [4.78, 5) is 17.6. The minimum atomic E-state index is -0.669. The van der Waals surface area contributed by atoms with Gasteiger partial charge in [-0.3, -0.25) is 0 Å². The van der Waals surface area contributed by atoms with Gasteiger partial charge in [-0.05, 0) is 44.5 Å². The number of aromatic nitrogens is 1. The van der Waals surface area contributed by atoms with Gasteiger partial charge in [0.2, 0.25) is 11.8 Å². The van der Waals surface area contributed by atoms with Gasteiger partial charge >= 0.3 is 5.97 Å². The molecule has 0 aliphatic heterocycles. The summed E-state index contributed by atoms with van der Waals surface area (Å²) >= 11 is 0. The number of carbonyl (C=O) groups excluding carboxylic acids is 1. The van der Waals surface area contributed by atoms with Crippen LogP contribution in [-0.2, 0) is 0 Å². The van der Waals surface area contributed by atoms with Crippen molar-refractivity contribution in [1.29, 1.82) is 0 Å². The van der Waals surface area contributed by atoms with Crippen LogP contribution in [0.5, 0.6) is 11.8 Å². The average molecular weight is 343 g/mol. The number of nitrogens with zero attached hydrogens (tertiary/aromatic N) is 1. The van der Waals surface area contributed by atoms with Gasteiger partial charge in [0.05, 0.1) is 5.56 Å². The molecule has 0 fully saturated rings. The molecule has 0 amide bonds. The van der Waals surface area contributed by atoms with E-state index in [1.807, 2.05) is 30.3 Å². The van der Waals surface area contributed by atoms with E-state index in [4.69, 9.17) is 4.84 Å². The Bertz CT molecular complexity index is 1220. The first-order valence-electron chi connectivity index (χ1n) is 8.12. The monoisotopic (exact) mass is 343 g/mol. The van der Waals surface area contributed by atoms with Gasteiger partial charge in [-0.15, -0.1) is 4.73 Å². The standard InChI is InChI=1S/C21H13NO4/c23-17-8-9-18(24)22(17)26-21(25)16-10-14-6-4-12-2-1-3-13-5-7-15(11-16)20(14)19(12)13/h1-11,23-24H. The third-order valence-corrected chi connectivity index (χ3v) is 4.67. The number of rotatable bonds is 2.